The van der Waals surface area contributed by atoms with Crippen LogP contribution < -0.4 is 5.32 Å². The lowest BCUT2D eigenvalue weighted by Gasteiger charge is -2.06. The molecule has 1 heterocycles. The first-order valence-electron chi connectivity index (χ1n) is 7.46. The number of hydrogen-bond donors (Lipinski definition) is 1. The Morgan fingerprint density at radius 1 is 1.25 bits per heavy atom. The van der Waals surface area contributed by atoms with Crippen molar-refractivity contribution in [2.45, 2.75) is 30.0 Å². The van der Waals surface area contributed by atoms with Gasteiger partial charge in [0.1, 0.15) is 0 Å². The van der Waals surface area contributed by atoms with Gasteiger partial charge in [0, 0.05) is 27.8 Å². The Hall–Kier alpha value is -1.27. The molecule has 1 aromatic heterocycles. The molecule has 3 rings (SSSR count). The van der Waals surface area contributed by atoms with Crippen LogP contribution >= 0.6 is 35.8 Å². The van der Waals surface area contributed by atoms with Crippen LogP contribution in [0.3, 0.4) is 0 Å². The molecule has 4 nitrogen and oxygen atoms in total. The zero-order valence-corrected chi connectivity index (χ0v) is 15.8. The minimum absolute atomic E-state index is 0. The summed E-state index contributed by atoms with van der Waals surface area (Å²) in [4.78, 5) is 5.57. The molecule has 0 saturated carbocycles. The smallest absolute Gasteiger partial charge is 0.237 e. The first kappa shape index (κ1) is 19.1. The third kappa shape index (κ3) is 4.42. The molecule has 1 unspecified atom stereocenters. The van der Waals surface area contributed by atoms with Gasteiger partial charge >= 0.3 is 0 Å². The molecule has 24 heavy (non-hydrogen) atoms. The highest BCUT2D eigenvalue weighted by Crippen LogP contribution is 2.34. The summed E-state index contributed by atoms with van der Waals surface area (Å²) < 4.78 is 5.33. The van der Waals surface area contributed by atoms with Gasteiger partial charge in [0.25, 0.3) is 0 Å². The first-order chi connectivity index (χ1) is 11.2. The van der Waals surface area contributed by atoms with E-state index in [-0.39, 0.29) is 12.4 Å². The van der Waals surface area contributed by atoms with Crippen LogP contribution in [-0.4, -0.2) is 23.2 Å². The van der Waals surface area contributed by atoms with E-state index in [1.807, 2.05) is 25.2 Å². The molecule has 0 aliphatic carbocycles. The van der Waals surface area contributed by atoms with Crippen molar-refractivity contribution in [3.05, 3.63) is 53.1 Å². The van der Waals surface area contributed by atoms with E-state index in [0.29, 0.717) is 17.7 Å². The molecule has 1 N–H and O–H groups in total. The van der Waals surface area contributed by atoms with Gasteiger partial charge in [-0.3, -0.25) is 0 Å². The molecule has 7 heteroatoms. The molecular weight excluding hydrogens is 365 g/mol. The predicted molar refractivity (Wildman–Crippen MR) is 102 cm³/mol. The fourth-order valence-corrected chi connectivity index (χ4v) is 3.61. The molecule has 1 atom stereocenters. The van der Waals surface area contributed by atoms with Crippen molar-refractivity contribution in [1.29, 1.82) is 0 Å². The van der Waals surface area contributed by atoms with E-state index in [2.05, 4.69) is 40.6 Å². The van der Waals surface area contributed by atoms with Gasteiger partial charge in [-0.2, -0.15) is 4.98 Å². The third-order valence-electron chi connectivity index (χ3n) is 3.66. The number of likely N-dealkylation sites (N-methyl/N-ethyl adjacent to an activating group) is 1. The molecule has 128 valence electrons. The van der Waals surface area contributed by atoms with Gasteiger partial charge in [0.2, 0.25) is 5.89 Å². The molecule has 0 fully saturated rings. The Balaban J connectivity index is 0.00000208. The Morgan fingerprint density at radius 2 is 2.00 bits per heavy atom. The van der Waals surface area contributed by atoms with E-state index in [9.17, 15) is 0 Å². The van der Waals surface area contributed by atoms with Crippen molar-refractivity contribution >= 4 is 46.5 Å². The number of halogens is 2. The van der Waals surface area contributed by atoms with E-state index >= 15 is 0 Å². The maximum atomic E-state index is 6.35. The Labute approximate surface area is 156 Å². The number of thioether (sulfide) groups is 1. The maximum absolute atomic E-state index is 6.35. The van der Waals surface area contributed by atoms with E-state index in [4.69, 9.17) is 16.1 Å². The number of benzene rings is 2. The zero-order chi connectivity index (χ0) is 16.2. The summed E-state index contributed by atoms with van der Waals surface area (Å²) >= 11 is 8.01. The van der Waals surface area contributed by atoms with E-state index in [0.717, 1.165) is 32.9 Å². The fraction of sp³-hybridized carbons (Fsp3) is 0.294. The van der Waals surface area contributed by atoms with Gasteiger partial charge in [-0.25, -0.2) is 0 Å². The van der Waals surface area contributed by atoms with Crippen molar-refractivity contribution < 1.29 is 4.52 Å². The van der Waals surface area contributed by atoms with Gasteiger partial charge in [0.15, 0.2) is 5.82 Å². The largest absolute Gasteiger partial charge is 0.338 e. The minimum Gasteiger partial charge on any atom is -0.338 e. The van der Waals surface area contributed by atoms with Gasteiger partial charge in [-0.15, -0.1) is 24.2 Å². The Kier molecular flexibility index (Phi) is 6.92. The quantitative estimate of drug-likeness (QED) is 0.622. The first-order valence-corrected chi connectivity index (χ1v) is 8.82. The Morgan fingerprint density at radius 3 is 2.75 bits per heavy atom. The second-order valence-electron chi connectivity index (χ2n) is 5.38. The van der Waals surface area contributed by atoms with Crippen LogP contribution in [-0.2, 0) is 12.2 Å². The molecule has 0 saturated heterocycles. The van der Waals surface area contributed by atoms with Crippen molar-refractivity contribution in [3.63, 3.8) is 0 Å². The summed E-state index contributed by atoms with van der Waals surface area (Å²) in [7, 11) is 1.92. The normalized spacial score (nSPS) is 12.1. The lowest BCUT2D eigenvalue weighted by atomic mass is 10.1. The van der Waals surface area contributed by atoms with Crippen LogP contribution in [0.2, 0.25) is 5.02 Å². The SMILES string of the molecule is CNC(C)Cc1noc(CSc2cccc3cccc(Cl)c23)n1.Cl. The van der Waals surface area contributed by atoms with Crippen molar-refractivity contribution in [3.8, 4) is 0 Å². The highest BCUT2D eigenvalue weighted by Gasteiger charge is 2.11. The Bertz CT molecular complexity index is 804. The lowest BCUT2D eigenvalue weighted by Crippen LogP contribution is -2.24. The molecule has 0 radical (unpaired) electrons. The highest BCUT2D eigenvalue weighted by molar-refractivity contribution is 7.98. The van der Waals surface area contributed by atoms with Crippen molar-refractivity contribution in [2.75, 3.05) is 7.05 Å². The van der Waals surface area contributed by atoms with Crippen LogP contribution in [0.5, 0.6) is 0 Å². The molecule has 0 amide bonds. The van der Waals surface area contributed by atoms with Crippen molar-refractivity contribution in [1.82, 2.24) is 15.5 Å². The summed E-state index contributed by atoms with van der Waals surface area (Å²) in [5.41, 5.74) is 0. The third-order valence-corrected chi connectivity index (χ3v) is 5.02. The maximum Gasteiger partial charge on any atom is 0.237 e. The van der Waals surface area contributed by atoms with E-state index in [1.165, 1.54) is 0 Å². The standard InChI is InChI=1S/C17H18ClN3OS.ClH/c1-11(19-2)9-15-20-16(22-21-15)10-23-14-8-4-6-12-5-3-7-13(18)17(12)14;/h3-8,11,19H,9-10H2,1-2H3;1H. The number of nitrogens with one attached hydrogen (secondary N) is 1. The zero-order valence-electron chi connectivity index (χ0n) is 13.5. The summed E-state index contributed by atoms with van der Waals surface area (Å²) in [6, 6.07) is 12.4. The average molecular weight is 384 g/mol. The highest BCUT2D eigenvalue weighted by atomic mass is 35.5. The van der Waals surface area contributed by atoms with Crippen LogP contribution in [0.1, 0.15) is 18.6 Å². The molecule has 0 bridgehead atoms. The number of hydrogen-bond acceptors (Lipinski definition) is 5. The second kappa shape index (κ2) is 8.72. The second-order valence-corrected chi connectivity index (χ2v) is 6.81. The summed E-state index contributed by atoms with van der Waals surface area (Å²) in [6.45, 7) is 2.09. The molecule has 3 aromatic rings. The fourth-order valence-electron chi connectivity index (χ4n) is 2.33. The van der Waals surface area contributed by atoms with E-state index in [1.54, 1.807) is 11.8 Å². The molecule has 2 aromatic carbocycles. The minimum atomic E-state index is 0. The summed E-state index contributed by atoms with van der Waals surface area (Å²) in [5.74, 6) is 2.00. The average Bonchev–Trinajstić information content (AvgIpc) is 3.00. The van der Waals surface area contributed by atoms with Gasteiger partial charge < -0.3 is 9.84 Å². The summed E-state index contributed by atoms with van der Waals surface area (Å²) in [5, 5.41) is 10.2. The van der Waals surface area contributed by atoms with Crippen LogP contribution in [0.15, 0.2) is 45.8 Å². The van der Waals surface area contributed by atoms with Crippen LogP contribution in [0, 0.1) is 0 Å². The summed E-state index contributed by atoms with van der Waals surface area (Å²) in [6.07, 6.45) is 0.755. The number of aromatic nitrogens is 2. The molecular formula is C17H19Cl2N3OS. The monoisotopic (exact) mass is 383 g/mol. The number of rotatable bonds is 6. The van der Waals surface area contributed by atoms with Gasteiger partial charge in [0.05, 0.1) is 5.75 Å². The van der Waals surface area contributed by atoms with Crippen LogP contribution in [0.4, 0.5) is 0 Å². The number of fused-ring (bicyclic) bond motifs is 1. The topological polar surface area (TPSA) is 51.0 Å². The van der Waals surface area contributed by atoms with Gasteiger partial charge in [-0.05, 0) is 31.5 Å². The van der Waals surface area contributed by atoms with Gasteiger partial charge in [-0.1, -0.05) is 41.0 Å². The molecule has 0 spiro atoms. The predicted octanol–water partition coefficient (Wildman–Crippen LogP) is 4.74. The van der Waals surface area contributed by atoms with E-state index < -0.39 is 0 Å². The van der Waals surface area contributed by atoms with Crippen LogP contribution in [0.25, 0.3) is 10.8 Å². The molecule has 0 aliphatic rings. The molecule has 0 aliphatic heterocycles. The van der Waals surface area contributed by atoms with Crippen molar-refractivity contribution in [2.24, 2.45) is 0 Å². The lowest BCUT2D eigenvalue weighted by molar-refractivity contribution is 0.382. The number of nitrogens with zero attached hydrogens (tertiary/aromatic N) is 2.